The van der Waals surface area contributed by atoms with Crippen LogP contribution >= 0.6 is 23.2 Å². The Bertz CT molecular complexity index is 1030. The molecule has 3 aromatic rings. The second-order valence-corrected chi connectivity index (χ2v) is 7.51. The van der Waals surface area contributed by atoms with E-state index < -0.39 is 11.9 Å². The van der Waals surface area contributed by atoms with Gasteiger partial charge in [-0.3, -0.25) is 4.79 Å². The third-order valence-corrected chi connectivity index (χ3v) is 5.34. The van der Waals surface area contributed by atoms with Crippen molar-refractivity contribution in [1.29, 1.82) is 0 Å². The lowest BCUT2D eigenvalue weighted by Gasteiger charge is -2.27. The van der Waals surface area contributed by atoms with Crippen LogP contribution in [0.1, 0.15) is 22.7 Å². The zero-order valence-electron chi connectivity index (χ0n) is 14.8. The third kappa shape index (κ3) is 3.51. The fourth-order valence-corrected chi connectivity index (χ4v) is 3.76. The van der Waals surface area contributed by atoms with Crippen molar-refractivity contribution in [3.8, 4) is 0 Å². The summed E-state index contributed by atoms with van der Waals surface area (Å²) >= 11 is 12.0. The fourth-order valence-electron chi connectivity index (χ4n) is 3.51. The molecule has 1 heterocycles. The maximum atomic E-state index is 13.0. The van der Waals surface area contributed by atoms with E-state index in [1.807, 2.05) is 54.6 Å². The summed E-state index contributed by atoms with van der Waals surface area (Å²) in [5.41, 5.74) is 3.22. The van der Waals surface area contributed by atoms with Crippen LogP contribution in [0.25, 0.3) is 5.57 Å². The lowest BCUT2D eigenvalue weighted by Crippen LogP contribution is -2.29. The van der Waals surface area contributed by atoms with Crippen molar-refractivity contribution < 1.29 is 9.90 Å². The van der Waals surface area contributed by atoms with Gasteiger partial charge in [-0.05, 0) is 41.0 Å². The van der Waals surface area contributed by atoms with Gasteiger partial charge < -0.3 is 10.0 Å². The molecule has 0 unspecified atom stereocenters. The van der Waals surface area contributed by atoms with Crippen molar-refractivity contribution in [2.24, 2.45) is 0 Å². The van der Waals surface area contributed by atoms with Crippen LogP contribution in [0.3, 0.4) is 0 Å². The van der Waals surface area contributed by atoms with E-state index in [1.165, 1.54) is 0 Å². The number of carbonyl (C=O) groups is 1. The summed E-state index contributed by atoms with van der Waals surface area (Å²) in [4.78, 5) is 14.6. The monoisotopic (exact) mass is 409 g/mol. The van der Waals surface area contributed by atoms with Gasteiger partial charge in [0.25, 0.3) is 5.91 Å². The van der Waals surface area contributed by atoms with Gasteiger partial charge in [0.05, 0.1) is 6.04 Å². The molecule has 4 rings (SSSR count). The molecule has 1 atom stereocenters. The number of hydrogen-bond acceptors (Lipinski definition) is 2. The molecule has 0 fully saturated rings. The highest BCUT2D eigenvalue weighted by Gasteiger charge is 2.40. The summed E-state index contributed by atoms with van der Waals surface area (Å²) in [5.74, 6) is -0.617. The number of benzene rings is 3. The number of rotatable bonds is 4. The molecule has 1 aliphatic heterocycles. The number of halogens is 2. The van der Waals surface area contributed by atoms with Crippen LogP contribution in [-0.2, 0) is 11.3 Å². The van der Waals surface area contributed by atoms with E-state index in [1.54, 1.807) is 29.2 Å². The minimum absolute atomic E-state index is 0.222. The van der Waals surface area contributed by atoms with Crippen LogP contribution < -0.4 is 0 Å². The standard InChI is InChI=1S/C23H17Cl2NO2/c24-18-10-6-15(7-11-18)14-26-21(17-8-12-19(25)13-9-17)20(22(27)23(26)28)16-4-2-1-3-5-16/h1-13,21,27H,14H2/t21-/m0/s1. The molecule has 0 aromatic heterocycles. The van der Waals surface area contributed by atoms with Gasteiger partial charge in [-0.15, -0.1) is 0 Å². The van der Waals surface area contributed by atoms with Gasteiger partial charge in [-0.25, -0.2) is 0 Å². The zero-order chi connectivity index (χ0) is 19.7. The van der Waals surface area contributed by atoms with E-state index in [4.69, 9.17) is 23.2 Å². The molecule has 140 valence electrons. The van der Waals surface area contributed by atoms with Crippen molar-refractivity contribution in [3.63, 3.8) is 0 Å². The minimum atomic E-state index is -0.414. The van der Waals surface area contributed by atoms with Crippen LogP contribution in [0, 0.1) is 0 Å². The molecule has 0 saturated carbocycles. The van der Waals surface area contributed by atoms with Gasteiger partial charge in [-0.2, -0.15) is 0 Å². The smallest absolute Gasteiger partial charge is 0.290 e. The third-order valence-electron chi connectivity index (χ3n) is 4.84. The molecule has 3 aromatic carbocycles. The topological polar surface area (TPSA) is 40.5 Å². The van der Waals surface area contributed by atoms with Crippen LogP contribution in [-0.4, -0.2) is 15.9 Å². The average molecular weight is 410 g/mol. The summed E-state index contributed by atoms with van der Waals surface area (Å²) in [6.45, 7) is 0.351. The van der Waals surface area contributed by atoms with Gasteiger partial charge in [-0.1, -0.05) is 77.8 Å². The molecule has 0 bridgehead atoms. The van der Waals surface area contributed by atoms with Gasteiger partial charge in [0.2, 0.25) is 0 Å². The van der Waals surface area contributed by atoms with Crippen LogP contribution in [0.4, 0.5) is 0 Å². The van der Waals surface area contributed by atoms with Crippen molar-refractivity contribution in [2.45, 2.75) is 12.6 Å². The van der Waals surface area contributed by atoms with Crippen LogP contribution in [0.5, 0.6) is 0 Å². The average Bonchev–Trinajstić information content (AvgIpc) is 2.96. The highest BCUT2D eigenvalue weighted by molar-refractivity contribution is 6.30. The Balaban J connectivity index is 1.80. The summed E-state index contributed by atoms with van der Waals surface area (Å²) in [6.07, 6.45) is 0. The van der Waals surface area contributed by atoms with Crippen molar-refractivity contribution in [3.05, 3.63) is 111 Å². The quantitative estimate of drug-likeness (QED) is 0.569. The predicted octanol–water partition coefficient (Wildman–Crippen LogP) is 6.05. The predicted molar refractivity (Wildman–Crippen MR) is 112 cm³/mol. The Morgan fingerprint density at radius 2 is 1.39 bits per heavy atom. The number of nitrogens with zero attached hydrogens (tertiary/aromatic N) is 1. The highest BCUT2D eigenvalue weighted by atomic mass is 35.5. The zero-order valence-corrected chi connectivity index (χ0v) is 16.4. The number of amides is 1. The van der Waals surface area contributed by atoms with E-state index in [0.29, 0.717) is 22.2 Å². The second kappa shape index (κ2) is 7.70. The van der Waals surface area contributed by atoms with Crippen LogP contribution in [0.2, 0.25) is 10.0 Å². The molecule has 0 saturated heterocycles. The molecule has 28 heavy (non-hydrogen) atoms. The molecule has 0 spiro atoms. The maximum absolute atomic E-state index is 13.0. The summed E-state index contributed by atoms with van der Waals surface area (Å²) < 4.78 is 0. The van der Waals surface area contributed by atoms with Crippen LogP contribution in [0.15, 0.2) is 84.6 Å². The number of aliphatic hydroxyl groups excluding tert-OH is 1. The van der Waals surface area contributed by atoms with Crippen molar-refractivity contribution >= 4 is 34.7 Å². The number of hydrogen-bond donors (Lipinski definition) is 1. The summed E-state index contributed by atoms with van der Waals surface area (Å²) in [5, 5.41) is 12.0. The van der Waals surface area contributed by atoms with Gasteiger partial charge >= 0.3 is 0 Å². The Morgan fingerprint density at radius 3 is 2.00 bits per heavy atom. The molecular weight excluding hydrogens is 393 g/mol. The first-order valence-corrected chi connectivity index (χ1v) is 9.59. The first-order chi connectivity index (χ1) is 13.5. The number of carbonyl (C=O) groups excluding carboxylic acids is 1. The van der Waals surface area contributed by atoms with Gasteiger partial charge in [0.15, 0.2) is 5.76 Å². The molecular formula is C23H17Cl2NO2. The van der Waals surface area contributed by atoms with E-state index in [2.05, 4.69) is 0 Å². The second-order valence-electron chi connectivity index (χ2n) is 6.64. The largest absolute Gasteiger partial charge is 0.503 e. The van der Waals surface area contributed by atoms with Crippen molar-refractivity contribution in [1.82, 2.24) is 4.90 Å². The molecule has 0 radical (unpaired) electrons. The minimum Gasteiger partial charge on any atom is -0.503 e. The maximum Gasteiger partial charge on any atom is 0.290 e. The SMILES string of the molecule is O=C1C(O)=C(c2ccccc2)[C@H](c2ccc(Cl)cc2)N1Cc1ccc(Cl)cc1. The lowest BCUT2D eigenvalue weighted by molar-refractivity contribution is -0.130. The first-order valence-electron chi connectivity index (χ1n) is 8.84. The van der Waals surface area contributed by atoms with Gasteiger partial charge in [0.1, 0.15) is 0 Å². The lowest BCUT2D eigenvalue weighted by atomic mass is 9.93. The number of aliphatic hydroxyl groups is 1. The summed E-state index contributed by atoms with van der Waals surface area (Å²) in [6, 6.07) is 23.8. The Morgan fingerprint density at radius 1 is 0.821 bits per heavy atom. The van der Waals surface area contributed by atoms with E-state index in [9.17, 15) is 9.90 Å². The Labute approximate surface area is 173 Å². The molecule has 1 amide bonds. The molecule has 1 N–H and O–H groups in total. The molecule has 5 heteroatoms. The Kier molecular flexibility index (Phi) is 5.12. The summed E-state index contributed by atoms with van der Waals surface area (Å²) in [7, 11) is 0. The molecule has 3 nitrogen and oxygen atoms in total. The van der Waals surface area contributed by atoms with Gasteiger partial charge in [0, 0.05) is 22.2 Å². The van der Waals surface area contributed by atoms with E-state index >= 15 is 0 Å². The normalized spacial score (nSPS) is 16.7. The fraction of sp³-hybridized carbons (Fsp3) is 0.0870. The van der Waals surface area contributed by atoms with Crippen molar-refractivity contribution in [2.75, 3.05) is 0 Å². The molecule has 1 aliphatic rings. The Hall–Kier alpha value is -2.75. The van der Waals surface area contributed by atoms with E-state index in [-0.39, 0.29) is 5.76 Å². The van der Waals surface area contributed by atoms with E-state index in [0.717, 1.165) is 16.7 Å². The first kappa shape index (κ1) is 18.6. The highest BCUT2D eigenvalue weighted by Crippen LogP contribution is 2.43. The molecule has 0 aliphatic carbocycles.